The summed E-state index contributed by atoms with van der Waals surface area (Å²) in [7, 11) is 0. The van der Waals surface area contributed by atoms with Crippen molar-refractivity contribution in [3.63, 3.8) is 0 Å². The summed E-state index contributed by atoms with van der Waals surface area (Å²) in [5, 5.41) is 7.37. The van der Waals surface area contributed by atoms with Gasteiger partial charge < -0.3 is 10.2 Å². The van der Waals surface area contributed by atoms with E-state index < -0.39 is 0 Å². The minimum atomic E-state index is 0.0818. The third kappa shape index (κ3) is 3.16. The Balaban J connectivity index is 1.36. The predicted octanol–water partition coefficient (Wildman–Crippen LogP) is 2.87. The molecule has 2 aromatic rings. The van der Waals surface area contributed by atoms with E-state index in [9.17, 15) is 4.79 Å². The van der Waals surface area contributed by atoms with Crippen LogP contribution in [0.4, 0.5) is 4.79 Å². The molecule has 1 saturated carbocycles. The fourth-order valence-electron chi connectivity index (χ4n) is 4.14. The molecular formula is C19H24N4O. The highest BCUT2D eigenvalue weighted by Crippen LogP contribution is 2.37. The summed E-state index contributed by atoms with van der Waals surface area (Å²) in [4.78, 5) is 14.5. The van der Waals surface area contributed by atoms with Crippen LogP contribution >= 0.6 is 0 Å². The van der Waals surface area contributed by atoms with Gasteiger partial charge in [0, 0.05) is 32.0 Å². The number of nitrogens with zero attached hydrogens (tertiary/aromatic N) is 3. The first-order chi connectivity index (χ1) is 11.8. The van der Waals surface area contributed by atoms with Gasteiger partial charge in [0.25, 0.3) is 0 Å². The highest BCUT2D eigenvalue weighted by molar-refractivity contribution is 5.74. The molecule has 2 amide bonds. The molecule has 0 spiro atoms. The van der Waals surface area contributed by atoms with E-state index in [1.165, 1.54) is 24.8 Å². The zero-order valence-electron chi connectivity index (χ0n) is 13.9. The molecule has 1 aliphatic carbocycles. The third-order valence-electron chi connectivity index (χ3n) is 5.45. The highest BCUT2D eigenvalue weighted by atomic mass is 16.2. The van der Waals surface area contributed by atoms with Crippen molar-refractivity contribution in [2.45, 2.75) is 32.4 Å². The predicted molar refractivity (Wildman–Crippen MR) is 92.4 cm³/mol. The van der Waals surface area contributed by atoms with Gasteiger partial charge in [-0.15, -0.1) is 0 Å². The average Bonchev–Trinajstić information content (AvgIpc) is 3.30. The van der Waals surface area contributed by atoms with E-state index >= 15 is 0 Å². The number of hydrogen-bond acceptors (Lipinski definition) is 2. The van der Waals surface area contributed by atoms with Crippen LogP contribution in [-0.4, -0.2) is 33.8 Å². The number of carbonyl (C=O) groups is 1. The van der Waals surface area contributed by atoms with Crippen LogP contribution in [0.1, 0.15) is 30.4 Å². The molecule has 1 N–H and O–H groups in total. The Kier molecular flexibility index (Phi) is 4.24. The zero-order chi connectivity index (χ0) is 16.4. The normalized spacial score (nSPS) is 22.6. The van der Waals surface area contributed by atoms with E-state index in [-0.39, 0.29) is 6.03 Å². The van der Waals surface area contributed by atoms with Crippen LogP contribution in [0.15, 0.2) is 42.7 Å². The molecular weight excluding hydrogens is 300 g/mol. The molecule has 5 nitrogen and oxygen atoms in total. The first-order valence-corrected chi connectivity index (χ1v) is 8.86. The molecule has 1 aromatic carbocycles. The lowest BCUT2D eigenvalue weighted by molar-refractivity contribution is 0.204. The van der Waals surface area contributed by atoms with Gasteiger partial charge in [-0.25, -0.2) is 4.79 Å². The molecule has 0 bridgehead atoms. The van der Waals surface area contributed by atoms with Crippen molar-refractivity contribution in [1.29, 1.82) is 0 Å². The number of aromatic nitrogens is 2. The molecule has 4 rings (SSSR count). The molecule has 126 valence electrons. The van der Waals surface area contributed by atoms with Crippen LogP contribution in [0.3, 0.4) is 0 Å². The SMILES string of the molecule is O=C(NCc1ccccc1Cn1cccn1)N1C[C@H]2CCC[C@H]2C1. The van der Waals surface area contributed by atoms with Crippen molar-refractivity contribution in [2.75, 3.05) is 13.1 Å². The van der Waals surface area contributed by atoms with Crippen LogP contribution in [0.5, 0.6) is 0 Å². The van der Waals surface area contributed by atoms with E-state index in [0.717, 1.165) is 37.0 Å². The van der Waals surface area contributed by atoms with E-state index in [1.807, 2.05) is 34.0 Å². The number of likely N-dealkylation sites (tertiary alicyclic amines) is 1. The Morgan fingerprint density at radius 3 is 2.58 bits per heavy atom. The molecule has 2 fully saturated rings. The number of hydrogen-bond donors (Lipinski definition) is 1. The summed E-state index contributed by atoms with van der Waals surface area (Å²) < 4.78 is 1.91. The van der Waals surface area contributed by atoms with E-state index in [4.69, 9.17) is 0 Å². The molecule has 1 aromatic heterocycles. The number of benzene rings is 1. The molecule has 0 unspecified atom stereocenters. The van der Waals surface area contributed by atoms with Crippen molar-refractivity contribution in [3.8, 4) is 0 Å². The van der Waals surface area contributed by atoms with Gasteiger partial charge in [0.1, 0.15) is 0 Å². The largest absolute Gasteiger partial charge is 0.334 e. The minimum Gasteiger partial charge on any atom is -0.334 e. The van der Waals surface area contributed by atoms with Crippen molar-refractivity contribution in [1.82, 2.24) is 20.0 Å². The molecule has 5 heteroatoms. The van der Waals surface area contributed by atoms with Crippen LogP contribution in [0.2, 0.25) is 0 Å². The van der Waals surface area contributed by atoms with Crippen molar-refractivity contribution in [2.24, 2.45) is 11.8 Å². The second-order valence-electron chi connectivity index (χ2n) is 6.99. The Morgan fingerprint density at radius 2 is 1.88 bits per heavy atom. The van der Waals surface area contributed by atoms with Gasteiger partial charge in [-0.05, 0) is 41.9 Å². The van der Waals surface area contributed by atoms with Crippen LogP contribution < -0.4 is 5.32 Å². The van der Waals surface area contributed by atoms with Gasteiger partial charge in [0.05, 0.1) is 6.54 Å². The van der Waals surface area contributed by atoms with Crippen LogP contribution in [0, 0.1) is 11.8 Å². The molecule has 1 aliphatic heterocycles. The van der Waals surface area contributed by atoms with Crippen molar-refractivity contribution in [3.05, 3.63) is 53.9 Å². The fraction of sp³-hybridized carbons (Fsp3) is 0.474. The van der Waals surface area contributed by atoms with Gasteiger partial charge in [0.2, 0.25) is 0 Å². The highest BCUT2D eigenvalue weighted by Gasteiger charge is 2.37. The molecule has 2 aliphatic rings. The third-order valence-corrected chi connectivity index (χ3v) is 5.45. The Bertz CT molecular complexity index is 685. The molecule has 0 radical (unpaired) electrons. The van der Waals surface area contributed by atoms with E-state index in [1.54, 1.807) is 6.20 Å². The fourth-order valence-corrected chi connectivity index (χ4v) is 4.14. The second-order valence-corrected chi connectivity index (χ2v) is 6.99. The standard InChI is InChI=1S/C19H24N4O/c24-19(22-12-16-7-3-8-17(16)13-22)20-11-15-5-1-2-6-18(15)14-23-10-4-9-21-23/h1-2,4-6,9-10,16-17H,3,7-8,11-14H2,(H,20,24)/t16-,17+. The average molecular weight is 324 g/mol. The summed E-state index contributed by atoms with van der Waals surface area (Å²) >= 11 is 0. The lowest BCUT2D eigenvalue weighted by Gasteiger charge is -2.19. The lowest BCUT2D eigenvalue weighted by atomic mass is 10.0. The van der Waals surface area contributed by atoms with Crippen molar-refractivity contribution >= 4 is 6.03 Å². The van der Waals surface area contributed by atoms with Gasteiger partial charge in [0.15, 0.2) is 0 Å². The number of carbonyl (C=O) groups excluding carboxylic acids is 1. The van der Waals surface area contributed by atoms with E-state index in [0.29, 0.717) is 6.54 Å². The number of rotatable bonds is 4. The summed E-state index contributed by atoms with van der Waals surface area (Å²) in [6.07, 6.45) is 7.67. The van der Waals surface area contributed by atoms with Crippen LogP contribution in [0.25, 0.3) is 0 Å². The van der Waals surface area contributed by atoms with Gasteiger partial charge in [-0.2, -0.15) is 5.10 Å². The number of nitrogens with one attached hydrogen (secondary N) is 1. The Hall–Kier alpha value is -2.30. The van der Waals surface area contributed by atoms with Crippen LogP contribution in [-0.2, 0) is 13.1 Å². The minimum absolute atomic E-state index is 0.0818. The maximum atomic E-state index is 12.5. The van der Waals surface area contributed by atoms with E-state index in [2.05, 4.69) is 22.5 Å². The zero-order valence-corrected chi connectivity index (χ0v) is 13.9. The molecule has 2 atom stereocenters. The number of amides is 2. The number of urea groups is 1. The second kappa shape index (κ2) is 6.67. The Morgan fingerprint density at radius 1 is 1.12 bits per heavy atom. The van der Waals surface area contributed by atoms with Crippen molar-refractivity contribution < 1.29 is 4.79 Å². The van der Waals surface area contributed by atoms with Gasteiger partial charge >= 0.3 is 6.03 Å². The van der Waals surface area contributed by atoms with Gasteiger partial charge in [-0.1, -0.05) is 30.7 Å². The summed E-state index contributed by atoms with van der Waals surface area (Å²) in [5.41, 5.74) is 2.35. The smallest absolute Gasteiger partial charge is 0.317 e. The molecule has 1 saturated heterocycles. The first-order valence-electron chi connectivity index (χ1n) is 8.86. The van der Waals surface area contributed by atoms with Gasteiger partial charge in [-0.3, -0.25) is 4.68 Å². The topological polar surface area (TPSA) is 50.2 Å². The summed E-state index contributed by atoms with van der Waals surface area (Å²) in [6.45, 7) is 3.17. The number of fused-ring (bicyclic) bond motifs is 1. The summed E-state index contributed by atoms with van der Waals surface area (Å²) in [5.74, 6) is 1.48. The molecule has 24 heavy (non-hydrogen) atoms. The monoisotopic (exact) mass is 324 g/mol. The maximum absolute atomic E-state index is 12.5. The quantitative estimate of drug-likeness (QED) is 0.940. The first kappa shape index (κ1) is 15.2. The Labute approximate surface area is 142 Å². The summed E-state index contributed by atoms with van der Waals surface area (Å²) in [6, 6.07) is 10.2. The molecule has 2 heterocycles. The lowest BCUT2D eigenvalue weighted by Crippen LogP contribution is -2.38. The maximum Gasteiger partial charge on any atom is 0.317 e.